The van der Waals surface area contributed by atoms with Gasteiger partial charge in [-0.3, -0.25) is 14.3 Å². The van der Waals surface area contributed by atoms with E-state index < -0.39 is 18.1 Å². The third-order valence-corrected chi connectivity index (χ3v) is 6.30. The number of aryl methyl sites for hydroxylation is 1. The van der Waals surface area contributed by atoms with Crippen LogP contribution in [0.2, 0.25) is 0 Å². The number of carbonyl (C=O) groups is 2. The molecule has 0 spiro atoms. The largest absolute Gasteiger partial charge is 0.383 e. The SMILES string of the molecule is C[C@@H](OCc1ccccc1)C(NC(=O)c1cc(-c2cnn(C)c2)cnc1N)C(=O)NC1CCCC1. The molecule has 9 nitrogen and oxygen atoms in total. The Labute approximate surface area is 205 Å². The van der Waals surface area contributed by atoms with Crippen molar-refractivity contribution in [3.8, 4) is 11.1 Å². The average Bonchev–Trinajstić information content (AvgIpc) is 3.53. The number of hydrogen-bond acceptors (Lipinski definition) is 6. The lowest BCUT2D eigenvalue weighted by Gasteiger charge is -2.26. The number of pyridine rings is 1. The van der Waals surface area contributed by atoms with Gasteiger partial charge < -0.3 is 21.1 Å². The molecule has 2 atom stereocenters. The summed E-state index contributed by atoms with van der Waals surface area (Å²) in [4.78, 5) is 30.7. The third-order valence-electron chi connectivity index (χ3n) is 6.30. The first-order valence-electron chi connectivity index (χ1n) is 11.9. The Morgan fingerprint density at radius 2 is 1.91 bits per heavy atom. The molecule has 0 bridgehead atoms. The highest BCUT2D eigenvalue weighted by atomic mass is 16.5. The summed E-state index contributed by atoms with van der Waals surface area (Å²) in [6.45, 7) is 2.11. The van der Waals surface area contributed by atoms with Crippen LogP contribution < -0.4 is 16.4 Å². The summed E-state index contributed by atoms with van der Waals surface area (Å²) in [5.74, 6) is -0.661. The molecule has 1 fully saturated rings. The van der Waals surface area contributed by atoms with Gasteiger partial charge in [0.15, 0.2) is 0 Å². The van der Waals surface area contributed by atoms with Crippen molar-refractivity contribution in [2.75, 3.05) is 5.73 Å². The number of rotatable bonds is 9. The Bertz CT molecular complexity index is 1160. The zero-order valence-corrected chi connectivity index (χ0v) is 20.1. The smallest absolute Gasteiger partial charge is 0.255 e. The minimum atomic E-state index is -0.895. The van der Waals surface area contributed by atoms with E-state index in [4.69, 9.17) is 10.5 Å². The van der Waals surface area contributed by atoms with E-state index in [1.54, 1.807) is 30.1 Å². The summed E-state index contributed by atoms with van der Waals surface area (Å²) < 4.78 is 7.67. The molecule has 0 radical (unpaired) electrons. The first-order chi connectivity index (χ1) is 16.9. The molecule has 4 rings (SSSR count). The zero-order valence-electron chi connectivity index (χ0n) is 20.1. The van der Waals surface area contributed by atoms with Gasteiger partial charge in [-0.2, -0.15) is 5.10 Å². The van der Waals surface area contributed by atoms with Crippen LogP contribution in [0.5, 0.6) is 0 Å². The fourth-order valence-corrected chi connectivity index (χ4v) is 4.26. The van der Waals surface area contributed by atoms with Crippen LogP contribution in [0.15, 0.2) is 55.0 Å². The van der Waals surface area contributed by atoms with Gasteiger partial charge in [-0.15, -0.1) is 0 Å². The molecule has 0 aliphatic heterocycles. The Balaban J connectivity index is 1.52. The number of nitrogens with zero attached hydrogens (tertiary/aromatic N) is 3. The topological polar surface area (TPSA) is 124 Å². The van der Waals surface area contributed by atoms with Crippen molar-refractivity contribution in [2.24, 2.45) is 7.05 Å². The maximum absolute atomic E-state index is 13.3. The second-order valence-electron chi connectivity index (χ2n) is 9.00. The molecule has 3 aromatic rings. The highest BCUT2D eigenvalue weighted by Gasteiger charge is 2.31. The van der Waals surface area contributed by atoms with Crippen LogP contribution in [-0.4, -0.2) is 44.8 Å². The number of ether oxygens (including phenoxy) is 1. The van der Waals surface area contributed by atoms with E-state index in [0.717, 1.165) is 36.8 Å². The molecule has 9 heteroatoms. The quantitative estimate of drug-likeness (QED) is 0.436. The van der Waals surface area contributed by atoms with Crippen LogP contribution >= 0.6 is 0 Å². The van der Waals surface area contributed by atoms with Gasteiger partial charge in [-0.05, 0) is 31.4 Å². The van der Waals surface area contributed by atoms with Crippen molar-refractivity contribution in [2.45, 2.75) is 57.4 Å². The van der Waals surface area contributed by atoms with E-state index in [-0.39, 0.29) is 23.3 Å². The number of amides is 2. The van der Waals surface area contributed by atoms with Gasteiger partial charge in [0, 0.05) is 36.6 Å². The number of aromatic nitrogens is 3. The molecular weight excluding hydrogens is 444 g/mol. The van der Waals surface area contributed by atoms with Gasteiger partial charge in [0.25, 0.3) is 5.91 Å². The summed E-state index contributed by atoms with van der Waals surface area (Å²) in [6, 6.07) is 10.6. The highest BCUT2D eigenvalue weighted by molar-refractivity contribution is 6.01. The number of nitrogens with two attached hydrogens (primary N) is 1. The summed E-state index contributed by atoms with van der Waals surface area (Å²) in [5.41, 5.74) is 8.74. The summed E-state index contributed by atoms with van der Waals surface area (Å²) in [5, 5.41) is 10.1. The Kier molecular flexibility index (Phi) is 7.77. The minimum absolute atomic E-state index is 0.0861. The molecule has 0 saturated heterocycles. The fraction of sp³-hybridized carbons (Fsp3) is 0.385. The third kappa shape index (κ3) is 6.24. The standard InChI is InChI=1S/C26H32N6O3/c1-17(35-16-18-8-4-3-5-9-18)23(26(34)30-21-10-6-7-11-21)31-25(33)22-12-19(13-28-24(22)27)20-14-29-32(2)15-20/h3-5,8-9,12-15,17,21,23H,6-7,10-11,16H2,1-2H3,(H2,27,28)(H,30,34)(H,31,33)/t17-,23?/m1/s1. The maximum atomic E-state index is 13.3. The molecule has 1 aliphatic rings. The van der Waals surface area contributed by atoms with Crippen molar-refractivity contribution in [3.05, 3.63) is 66.1 Å². The number of anilines is 1. The molecule has 35 heavy (non-hydrogen) atoms. The molecule has 1 aliphatic carbocycles. The van der Waals surface area contributed by atoms with E-state index in [0.29, 0.717) is 12.2 Å². The highest BCUT2D eigenvalue weighted by Crippen LogP contribution is 2.22. The monoisotopic (exact) mass is 476 g/mol. The van der Waals surface area contributed by atoms with Gasteiger partial charge in [0.05, 0.1) is 24.5 Å². The van der Waals surface area contributed by atoms with E-state index in [1.807, 2.05) is 43.6 Å². The summed E-state index contributed by atoms with van der Waals surface area (Å²) >= 11 is 0. The van der Waals surface area contributed by atoms with Crippen LogP contribution in [0.1, 0.15) is 48.5 Å². The molecule has 1 unspecified atom stereocenters. The average molecular weight is 477 g/mol. The van der Waals surface area contributed by atoms with Crippen molar-refractivity contribution in [1.29, 1.82) is 0 Å². The number of carbonyl (C=O) groups excluding carboxylic acids is 2. The Hall–Kier alpha value is -3.72. The van der Waals surface area contributed by atoms with Crippen LogP contribution in [0.3, 0.4) is 0 Å². The molecular formula is C26H32N6O3. The lowest BCUT2D eigenvalue weighted by molar-refractivity contribution is -0.127. The van der Waals surface area contributed by atoms with Crippen molar-refractivity contribution in [3.63, 3.8) is 0 Å². The van der Waals surface area contributed by atoms with Gasteiger partial charge in [0.2, 0.25) is 5.91 Å². The predicted octanol–water partition coefficient (Wildman–Crippen LogP) is 2.83. The van der Waals surface area contributed by atoms with Crippen LogP contribution in [-0.2, 0) is 23.2 Å². The number of nitrogens with one attached hydrogen (secondary N) is 2. The van der Waals surface area contributed by atoms with Gasteiger partial charge in [-0.1, -0.05) is 43.2 Å². The second-order valence-corrected chi connectivity index (χ2v) is 9.00. The molecule has 2 amide bonds. The first-order valence-corrected chi connectivity index (χ1v) is 11.9. The summed E-state index contributed by atoms with van der Waals surface area (Å²) in [6.07, 6.45) is 8.59. The van der Waals surface area contributed by atoms with Crippen LogP contribution in [0.25, 0.3) is 11.1 Å². The molecule has 2 heterocycles. The van der Waals surface area contributed by atoms with E-state index in [9.17, 15) is 9.59 Å². The first kappa shape index (κ1) is 24.4. The van der Waals surface area contributed by atoms with E-state index in [2.05, 4.69) is 20.7 Å². The number of hydrogen-bond donors (Lipinski definition) is 3. The van der Waals surface area contributed by atoms with Crippen molar-refractivity contribution in [1.82, 2.24) is 25.4 Å². The number of benzene rings is 1. The zero-order chi connectivity index (χ0) is 24.8. The molecule has 2 aromatic heterocycles. The normalized spacial score (nSPS) is 15.5. The molecule has 1 aromatic carbocycles. The second kappa shape index (κ2) is 11.1. The van der Waals surface area contributed by atoms with Crippen LogP contribution in [0.4, 0.5) is 5.82 Å². The van der Waals surface area contributed by atoms with E-state index >= 15 is 0 Å². The predicted molar refractivity (Wildman–Crippen MR) is 133 cm³/mol. The maximum Gasteiger partial charge on any atom is 0.255 e. The van der Waals surface area contributed by atoms with Crippen molar-refractivity contribution >= 4 is 17.6 Å². The molecule has 1 saturated carbocycles. The molecule has 184 valence electrons. The summed E-state index contributed by atoms with van der Waals surface area (Å²) in [7, 11) is 1.81. The lowest BCUT2D eigenvalue weighted by atomic mass is 10.1. The number of nitrogen functional groups attached to an aromatic ring is 1. The Morgan fingerprint density at radius 1 is 1.17 bits per heavy atom. The molecule has 4 N–H and O–H groups in total. The fourth-order valence-electron chi connectivity index (χ4n) is 4.26. The lowest BCUT2D eigenvalue weighted by Crippen LogP contribution is -2.54. The Morgan fingerprint density at radius 3 is 2.60 bits per heavy atom. The van der Waals surface area contributed by atoms with Gasteiger partial charge in [0.1, 0.15) is 11.9 Å². The van der Waals surface area contributed by atoms with Gasteiger partial charge >= 0.3 is 0 Å². The van der Waals surface area contributed by atoms with Crippen molar-refractivity contribution < 1.29 is 14.3 Å². The van der Waals surface area contributed by atoms with E-state index in [1.165, 1.54) is 0 Å². The van der Waals surface area contributed by atoms with Crippen LogP contribution in [0, 0.1) is 0 Å². The minimum Gasteiger partial charge on any atom is -0.383 e. The van der Waals surface area contributed by atoms with Gasteiger partial charge in [-0.25, -0.2) is 4.98 Å².